The molecule has 4 heteroatoms. The molecule has 2 fully saturated rings. The van der Waals surface area contributed by atoms with Gasteiger partial charge >= 0.3 is 0 Å². The number of aryl methyl sites for hydroxylation is 1. The highest BCUT2D eigenvalue weighted by Gasteiger charge is 2.34. The van der Waals surface area contributed by atoms with Gasteiger partial charge in [0.05, 0.1) is 6.54 Å². The fraction of sp³-hybridized carbons (Fsp3) is 0.611. The average Bonchev–Trinajstić information content (AvgIpc) is 3.26. The van der Waals surface area contributed by atoms with Crippen molar-refractivity contribution >= 4 is 5.91 Å². The van der Waals surface area contributed by atoms with Gasteiger partial charge in [-0.2, -0.15) is 0 Å². The summed E-state index contributed by atoms with van der Waals surface area (Å²) in [5.74, 6) is 0.584. The first-order valence-electron chi connectivity index (χ1n) is 8.34. The van der Waals surface area contributed by atoms with Gasteiger partial charge in [0.25, 0.3) is 0 Å². The van der Waals surface area contributed by atoms with Gasteiger partial charge < -0.3 is 10.0 Å². The molecule has 0 radical (unpaired) electrons. The molecule has 1 atom stereocenters. The summed E-state index contributed by atoms with van der Waals surface area (Å²) >= 11 is 0. The maximum absolute atomic E-state index is 12.7. The van der Waals surface area contributed by atoms with E-state index in [0.717, 1.165) is 38.9 Å². The van der Waals surface area contributed by atoms with E-state index in [4.69, 9.17) is 0 Å². The summed E-state index contributed by atoms with van der Waals surface area (Å²) in [6, 6.07) is 8.89. The molecule has 4 nitrogen and oxygen atoms in total. The third-order valence-corrected chi connectivity index (χ3v) is 4.77. The van der Waals surface area contributed by atoms with E-state index in [2.05, 4.69) is 41.0 Å². The normalized spacial score (nSPS) is 22.0. The Morgan fingerprint density at radius 1 is 1.27 bits per heavy atom. The molecular formula is C18H26N2O2. The van der Waals surface area contributed by atoms with Crippen molar-refractivity contribution in [3.63, 3.8) is 0 Å². The monoisotopic (exact) mass is 302 g/mol. The number of aliphatic hydroxyl groups excluding tert-OH is 1. The minimum atomic E-state index is 0.237. The molecule has 1 amide bonds. The van der Waals surface area contributed by atoms with Gasteiger partial charge in [-0.3, -0.25) is 9.69 Å². The third kappa shape index (κ3) is 3.87. The highest BCUT2D eigenvalue weighted by Crippen LogP contribution is 2.29. The van der Waals surface area contributed by atoms with Gasteiger partial charge in [0.15, 0.2) is 0 Å². The number of carbonyl (C=O) groups excluding carboxylic acids is 1. The standard InChI is InChI=1S/C18H26N2O2/c1-14-2-4-15(5-3-14)11-20(17-6-7-17)18(22)12-19-9-8-16(10-19)13-21/h2-5,16-17,21H,6-13H2,1H3. The number of benzene rings is 1. The third-order valence-electron chi connectivity index (χ3n) is 4.77. The van der Waals surface area contributed by atoms with Crippen molar-refractivity contribution < 1.29 is 9.90 Å². The maximum Gasteiger partial charge on any atom is 0.237 e. The van der Waals surface area contributed by atoms with Crippen molar-refractivity contribution in [3.8, 4) is 0 Å². The van der Waals surface area contributed by atoms with Crippen molar-refractivity contribution in [2.24, 2.45) is 5.92 Å². The van der Waals surface area contributed by atoms with Gasteiger partial charge in [-0.15, -0.1) is 0 Å². The van der Waals surface area contributed by atoms with Crippen LogP contribution >= 0.6 is 0 Å². The number of amides is 1. The lowest BCUT2D eigenvalue weighted by molar-refractivity contribution is -0.133. The van der Waals surface area contributed by atoms with E-state index in [9.17, 15) is 9.90 Å². The molecule has 1 heterocycles. The Hall–Kier alpha value is -1.39. The summed E-state index contributed by atoms with van der Waals surface area (Å²) < 4.78 is 0. The number of hydrogen-bond acceptors (Lipinski definition) is 3. The summed E-state index contributed by atoms with van der Waals surface area (Å²) in [6.07, 6.45) is 3.28. The predicted molar refractivity (Wildman–Crippen MR) is 86.4 cm³/mol. The molecule has 22 heavy (non-hydrogen) atoms. The predicted octanol–water partition coefficient (Wildman–Crippen LogP) is 1.80. The Morgan fingerprint density at radius 3 is 2.59 bits per heavy atom. The molecule has 1 unspecified atom stereocenters. The SMILES string of the molecule is Cc1ccc(CN(C(=O)CN2CCC(CO)C2)C2CC2)cc1. The number of carbonyl (C=O) groups is 1. The highest BCUT2D eigenvalue weighted by atomic mass is 16.3. The van der Waals surface area contributed by atoms with Crippen LogP contribution in [-0.2, 0) is 11.3 Å². The maximum atomic E-state index is 12.7. The second-order valence-electron chi connectivity index (χ2n) is 6.81. The lowest BCUT2D eigenvalue weighted by atomic mass is 10.1. The minimum Gasteiger partial charge on any atom is -0.396 e. The van der Waals surface area contributed by atoms with E-state index in [1.807, 2.05) is 0 Å². The van der Waals surface area contributed by atoms with Crippen LogP contribution in [0.2, 0.25) is 0 Å². The van der Waals surface area contributed by atoms with Crippen LogP contribution in [0.5, 0.6) is 0 Å². The van der Waals surface area contributed by atoms with Gasteiger partial charge in [0.1, 0.15) is 0 Å². The lowest BCUT2D eigenvalue weighted by Gasteiger charge is -2.25. The molecule has 1 saturated heterocycles. The van der Waals surface area contributed by atoms with Gasteiger partial charge in [0.2, 0.25) is 5.91 Å². The fourth-order valence-corrected chi connectivity index (χ4v) is 3.18. The smallest absolute Gasteiger partial charge is 0.237 e. The molecule has 0 bridgehead atoms. The topological polar surface area (TPSA) is 43.8 Å². The number of likely N-dealkylation sites (tertiary alicyclic amines) is 1. The second-order valence-corrected chi connectivity index (χ2v) is 6.81. The van der Waals surface area contributed by atoms with Crippen molar-refractivity contribution in [2.75, 3.05) is 26.2 Å². The highest BCUT2D eigenvalue weighted by molar-refractivity contribution is 5.79. The zero-order valence-corrected chi connectivity index (χ0v) is 13.4. The number of aliphatic hydroxyl groups is 1. The molecule has 1 aromatic rings. The van der Waals surface area contributed by atoms with Crippen molar-refractivity contribution in [1.82, 2.24) is 9.80 Å². The van der Waals surface area contributed by atoms with Crippen LogP contribution < -0.4 is 0 Å². The van der Waals surface area contributed by atoms with Crippen molar-refractivity contribution in [1.29, 1.82) is 0 Å². The van der Waals surface area contributed by atoms with Crippen LogP contribution in [-0.4, -0.2) is 53.1 Å². The molecule has 120 valence electrons. The number of hydrogen-bond donors (Lipinski definition) is 1. The van der Waals surface area contributed by atoms with Gasteiger partial charge in [-0.05, 0) is 44.2 Å². The largest absolute Gasteiger partial charge is 0.396 e. The minimum absolute atomic E-state index is 0.237. The van der Waals surface area contributed by atoms with Gasteiger partial charge in [-0.25, -0.2) is 0 Å². The van der Waals surface area contributed by atoms with Crippen LogP contribution in [0.25, 0.3) is 0 Å². The van der Waals surface area contributed by atoms with Crippen LogP contribution in [0.3, 0.4) is 0 Å². The molecule has 1 aliphatic carbocycles. The van der Waals surface area contributed by atoms with Crippen LogP contribution in [0.15, 0.2) is 24.3 Å². The molecule has 1 N–H and O–H groups in total. The number of nitrogens with zero attached hydrogens (tertiary/aromatic N) is 2. The van der Waals surface area contributed by atoms with Gasteiger partial charge in [0, 0.05) is 25.7 Å². The Bertz CT molecular complexity index is 510. The van der Waals surface area contributed by atoms with E-state index in [1.165, 1.54) is 11.1 Å². The van der Waals surface area contributed by atoms with E-state index in [-0.39, 0.29) is 12.5 Å². The Labute approximate surface area is 132 Å². The Balaban J connectivity index is 1.59. The summed E-state index contributed by atoms with van der Waals surface area (Å²) in [5.41, 5.74) is 2.46. The van der Waals surface area contributed by atoms with E-state index in [1.54, 1.807) is 0 Å². The van der Waals surface area contributed by atoms with E-state index in [0.29, 0.717) is 18.5 Å². The molecule has 1 aromatic carbocycles. The van der Waals surface area contributed by atoms with Crippen LogP contribution in [0.4, 0.5) is 0 Å². The summed E-state index contributed by atoms with van der Waals surface area (Å²) in [5, 5.41) is 9.22. The van der Waals surface area contributed by atoms with Gasteiger partial charge in [-0.1, -0.05) is 29.8 Å². The van der Waals surface area contributed by atoms with E-state index < -0.39 is 0 Å². The molecule has 1 aliphatic heterocycles. The summed E-state index contributed by atoms with van der Waals surface area (Å²) in [4.78, 5) is 16.9. The molecule has 3 rings (SSSR count). The Morgan fingerprint density at radius 2 is 2.00 bits per heavy atom. The molecule has 1 saturated carbocycles. The fourth-order valence-electron chi connectivity index (χ4n) is 3.18. The first kappa shape index (κ1) is 15.5. The average molecular weight is 302 g/mol. The second kappa shape index (κ2) is 6.80. The van der Waals surface area contributed by atoms with Crippen molar-refractivity contribution in [2.45, 2.75) is 38.8 Å². The summed E-state index contributed by atoms with van der Waals surface area (Å²) in [6.45, 7) is 5.32. The molecule has 2 aliphatic rings. The van der Waals surface area contributed by atoms with Crippen molar-refractivity contribution in [3.05, 3.63) is 35.4 Å². The molecule has 0 aromatic heterocycles. The molecular weight excluding hydrogens is 276 g/mol. The quantitative estimate of drug-likeness (QED) is 0.871. The van der Waals surface area contributed by atoms with E-state index >= 15 is 0 Å². The summed E-state index contributed by atoms with van der Waals surface area (Å²) in [7, 11) is 0. The lowest BCUT2D eigenvalue weighted by Crippen LogP contribution is -2.40. The van der Waals surface area contributed by atoms with Crippen LogP contribution in [0, 0.1) is 12.8 Å². The molecule has 0 spiro atoms. The zero-order chi connectivity index (χ0) is 15.5. The zero-order valence-electron chi connectivity index (χ0n) is 13.4. The van der Waals surface area contributed by atoms with Crippen LogP contribution in [0.1, 0.15) is 30.4 Å². The Kier molecular flexibility index (Phi) is 4.79. The first-order chi connectivity index (χ1) is 10.7. The number of rotatable bonds is 6. The first-order valence-corrected chi connectivity index (χ1v) is 8.34.